The van der Waals surface area contributed by atoms with Gasteiger partial charge in [-0.1, -0.05) is 12.1 Å². The number of carboxylic acids is 1. The molecule has 1 aliphatic rings. The summed E-state index contributed by atoms with van der Waals surface area (Å²) in [6.07, 6.45) is 2.34. The van der Waals surface area contributed by atoms with E-state index in [-0.39, 0.29) is 25.2 Å². The van der Waals surface area contributed by atoms with Crippen molar-refractivity contribution < 1.29 is 19.4 Å². The third kappa shape index (κ3) is 4.15. The fraction of sp³-hybridized carbons (Fsp3) is 0.667. The van der Waals surface area contributed by atoms with Crippen molar-refractivity contribution in [2.24, 2.45) is 0 Å². The summed E-state index contributed by atoms with van der Waals surface area (Å²) in [6, 6.07) is -0.0839. The second-order valence-electron chi connectivity index (χ2n) is 4.79. The van der Waals surface area contributed by atoms with Crippen LogP contribution in [0.4, 0.5) is 4.79 Å². The van der Waals surface area contributed by atoms with Gasteiger partial charge in [-0.05, 0) is 6.42 Å². The number of ether oxygens (including phenoxy) is 1. The quantitative estimate of drug-likeness (QED) is 0.771. The van der Waals surface area contributed by atoms with Crippen molar-refractivity contribution in [1.29, 1.82) is 0 Å². The summed E-state index contributed by atoms with van der Waals surface area (Å²) in [6.45, 7) is 3.64. The van der Waals surface area contributed by atoms with Crippen LogP contribution >= 0.6 is 0 Å². The molecule has 0 spiro atoms. The summed E-state index contributed by atoms with van der Waals surface area (Å²) in [5, 5.41) is 18.9. The van der Waals surface area contributed by atoms with Gasteiger partial charge in [-0.2, -0.15) is 0 Å². The average molecular weight is 297 g/mol. The van der Waals surface area contributed by atoms with Crippen LogP contribution in [0.5, 0.6) is 0 Å². The van der Waals surface area contributed by atoms with Crippen LogP contribution in [0.3, 0.4) is 0 Å². The number of carboxylic acid groups (broad SMARTS) is 1. The third-order valence-electron chi connectivity index (χ3n) is 3.26. The highest BCUT2D eigenvalue weighted by Gasteiger charge is 2.25. The standard InChI is InChI=1S/C12H19N5O4/c1-2-10-8-21-4-3-17(10)12(20)13-5-9-6-16(15-14-9)7-11(18)19/h6,10H,2-5,7-8H2,1H3,(H,13,20)(H,18,19). The summed E-state index contributed by atoms with van der Waals surface area (Å²) in [7, 11) is 0. The molecular weight excluding hydrogens is 278 g/mol. The molecule has 1 unspecified atom stereocenters. The van der Waals surface area contributed by atoms with Gasteiger partial charge in [0.1, 0.15) is 12.2 Å². The predicted molar refractivity (Wildman–Crippen MR) is 71.5 cm³/mol. The van der Waals surface area contributed by atoms with E-state index in [4.69, 9.17) is 9.84 Å². The van der Waals surface area contributed by atoms with Gasteiger partial charge in [0.05, 0.1) is 32.0 Å². The zero-order valence-corrected chi connectivity index (χ0v) is 11.9. The number of urea groups is 1. The molecule has 9 heteroatoms. The molecule has 1 aromatic heterocycles. The van der Waals surface area contributed by atoms with E-state index in [1.54, 1.807) is 4.90 Å². The number of carbonyl (C=O) groups excluding carboxylic acids is 1. The molecule has 9 nitrogen and oxygen atoms in total. The van der Waals surface area contributed by atoms with Crippen LogP contribution in [0.15, 0.2) is 6.20 Å². The molecule has 0 saturated carbocycles. The highest BCUT2D eigenvalue weighted by molar-refractivity contribution is 5.74. The molecule has 1 fully saturated rings. The van der Waals surface area contributed by atoms with Crippen LogP contribution in [-0.4, -0.2) is 62.8 Å². The molecular formula is C12H19N5O4. The van der Waals surface area contributed by atoms with Crippen LogP contribution in [-0.2, 0) is 22.6 Å². The largest absolute Gasteiger partial charge is 0.480 e. The molecule has 116 valence electrons. The van der Waals surface area contributed by atoms with Crippen molar-refractivity contribution in [1.82, 2.24) is 25.2 Å². The van der Waals surface area contributed by atoms with Crippen molar-refractivity contribution >= 4 is 12.0 Å². The molecule has 2 rings (SSSR count). The van der Waals surface area contributed by atoms with E-state index in [0.717, 1.165) is 6.42 Å². The maximum Gasteiger partial charge on any atom is 0.325 e. The number of morpholine rings is 1. The Morgan fingerprint density at radius 2 is 2.38 bits per heavy atom. The number of amides is 2. The summed E-state index contributed by atoms with van der Waals surface area (Å²) >= 11 is 0. The van der Waals surface area contributed by atoms with E-state index in [1.807, 2.05) is 6.92 Å². The Labute approximate surface area is 121 Å². The van der Waals surface area contributed by atoms with Gasteiger partial charge in [0.25, 0.3) is 0 Å². The minimum atomic E-state index is -0.991. The number of carbonyl (C=O) groups is 2. The van der Waals surface area contributed by atoms with E-state index < -0.39 is 5.97 Å². The van der Waals surface area contributed by atoms with E-state index >= 15 is 0 Å². The SMILES string of the molecule is CCC1COCCN1C(=O)NCc1cn(CC(=O)O)nn1. The van der Waals surface area contributed by atoms with Gasteiger partial charge in [0, 0.05) is 6.54 Å². The molecule has 0 radical (unpaired) electrons. The lowest BCUT2D eigenvalue weighted by Crippen LogP contribution is -2.52. The van der Waals surface area contributed by atoms with Crippen molar-refractivity contribution in [2.45, 2.75) is 32.5 Å². The second-order valence-corrected chi connectivity index (χ2v) is 4.79. The van der Waals surface area contributed by atoms with Crippen LogP contribution in [0, 0.1) is 0 Å². The van der Waals surface area contributed by atoms with Crippen molar-refractivity contribution in [3.05, 3.63) is 11.9 Å². The van der Waals surface area contributed by atoms with Crippen LogP contribution < -0.4 is 5.32 Å². The van der Waals surface area contributed by atoms with Gasteiger partial charge in [-0.15, -0.1) is 5.10 Å². The van der Waals surface area contributed by atoms with Crippen LogP contribution in [0.1, 0.15) is 19.0 Å². The zero-order valence-electron chi connectivity index (χ0n) is 11.9. The topological polar surface area (TPSA) is 110 Å². The van der Waals surface area contributed by atoms with Gasteiger partial charge >= 0.3 is 12.0 Å². The number of hydrogen-bond donors (Lipinski definition) is 2. The molecule has 0 aliphatic carbocycles. The molecule has 1 atom stereocenters. The number of hydrogen-bond acceptors (Lipinski definition) is 5. The molecule has 0 bridgehead atoms. The second kappa shape index (κ2) is 7.02. The smallest absolute Gasteiger partial charge is 0.325 e. The number of nitrogens with one attached hydrogen (secondary N) is 1. The van der Waals surface area contributed by atoms with E-state index in [9.17, 15) is 9.59 Å². The summed E-state index contributed by atoms with van der Waals surface area (Å²) in [5.74, 6) is -0.991. The van der Waals surface area contributed by atoms with Crippen molar-refractivity contribution in [3.63, 3.8) is 0 Å². The van der Waals surface area contributed by atoms with Crippen molar-refractivity contribution in [2.75, 3.05) is 19.8 Å². The van der Waals surface area contributed by atoms with Crippen LogP contribution in [0.2, 0.25) is 0 Å². The maximum atomic E-state index is 12.1. The Morgan fingerprint density at radius 1 is 1.57 bits per heavy atom. The molecule has 2 amide bonds. The van der Waals surface area contributed by atoms with Gasteiger partial charge in [-0.3, -0.25) is 4.79 Å². The predicted octanol–water partition coefficient (Wildman–Crippen LogP) is -0.317. The Morgan fingerprint density at radius 3 is 3.10 bits per heavy atom. The monoisotopic (exact) mass is 297 g/mol. The lowest BCUT2D eigenvalue weighted by atomic mass is 10.2. The molecule has 0 aromatic carbocycles. The number of aliphatic carboxylic acids is 1. The molecule has 2 heterocycles. The minimum absolute atomic E-state index is 0.0847. The lowest BCUT2D eigenvalue weighted by molar-refractivity contribution is -0.137. The molecule has 2 N–H and O–H groups in total. The Balaban J connectivity index is 1.85. The van der Waals surface area contributed by atoms with E-state index in [0.29, 0.717) is 25.5 Å². The molecule has 1 aliphatic heterocycles. The Kier molecular flexibility index (Phi) is 5.09. The highest BCUT2D eigenvalue weighted by atomic mass is 16.5. The molecule has 21 heavy (non-hydrogen) atoms. The first-order chi connectivity index (χ1) is 10.1. The Bertz CT molecular complexity index is 504. The zero-order chi connectivity index (χ0) is 15.2. The summed E-state index contributed by atoms with van der Waals surface area (Å²) in [5.41, 5.74) is 0.519. The first-order valence-electron chi connectivity index (χ1n) is 6.83. The first kappa shape index (κ1) is 15.2. The van der Waals surface area contributed by atoms with Crippen molar-refractivity contribution in [3.8, 4) is 0 Å². The first-order valence-corrected chi connectivity index (χ1v) is 6.83. The van der Waals surface area contributed by atoms with E-state index in [1.165, 1.54) is 10.9 Å². The maximum absolute atomic E-state index is 12.1. The summed E-state index contributed by atoms with van der Waals surface area (Å²) < 4.78 is 6.57. The fourth-order valence-electron chi connectivity index (χ4n) is 2.16. The lowest BCUT2D eigenvalue weighted by Gasteiger charge is -2.34. The molecule has 1 aromatic rings. The Hall–Kier alpha value is -2.16. The normalized spacial score (nSPS) is 18.5. The van der Waals surface area contributed by atoms with Gasteiger partial charge in [0.2, 0.25) is 0 Å². The van der Waals surface area contributed by atoms with E-state index in [2.05, 4.69) is 15.6 Å². The van der Waals surface area contributed by atoms with Gasteiger partial charge in [0.15, 0.2) is 0 Å². The minimum Gasteiger partial charge on any atom is -0.480 e. The van der Waals surface area contributed by atoms with Gasteiger partial charge in [-0.25, -0.2) is 9.48 Å². The van der Waals surface area contributed by atoms with Gasteiger partial charge < -0.3 is 20.1 Å². The number of rotatable bonds is 5. The highest BCUT2D eigenvalue weighted by Crippen LogP contribution is 2.10. The van der Waals surface area contributed by atoms with Crippen LogP contribution in [0.25, 0.3) is 0 Å². The molecule has 1 saturated heterocycles. The number of nitrogens with zero attached hydrogens (tertiary/aromatic N) is 4. The fourth-order valence-corrected chi connectivity index (χ4v) is 2.16. The summed E-state index contributed by atoms with van der Waals surface area (Å²) in [4.78, 5) is 24.4. The number of aromatic nitrogens is 3. The average Bonchev–Trinajstić information content (AvgIpc) is 2.91. The third-order valence-corrected chi connectivity index (χ3v) is 3.26.